The predicted octanol–water partition coefficient (Wildman–Crippen LogP) is 2.85. The lowest BCUT2D eigenvalue weighted by atomic mass is 9.48. The third-order valence-corrected chi connectivity index (χ3v) is 4.88. The Morgan fingerprint density at radius 3 is 2.82 bits per heavy atom. The third kappa shape index (κ3) is 0.483. The molecular weight excluding hydrogens is 132 g/mol. The first-order valence-corrected chi connectivity index (χ1v) is 4.84. The van der Waals surface area contributed by atoms with E-state index >= 15 is 0 Å². The largest absolute Gasteiger partial charge is 0.0990 e. The Morgan fingerprint density at radius 1 is 1.45 bits per heavy atom. The number of hydrogen-bond donors (Lipinski definition) is 0. The number of hydrogen-bond acceptors (Lipinski definition) is 0. The van der Waals surface area contributed by atoms with E-state index in [2.05, 4.69) is 20.4 Å². The van der Waals surface area contributed by atoms with Crippen LogP contribution in [0.1, 0.15) is 26.7 Å². The van der Waals surface area contributed by atoms with E-state index in [9.17, 15) is 0 Å². The first-order valence-electron chi connectivity index (χ1n) is 4.84. The molecule has 5 atom stereocenters. The van der Waals surface area contributed by atoms with E-state index in [1.807, 2.05) is 0 Å². The van der Waals surface area contributed by atoms with Crippen molar-refractivity contribution in [2.75, 3.05) is 0 Å². The predicted molar refractivity (Wildman–Crippen MR) is 46.1 cm³/mol. The Hall–Kier alpha value is -0.260. The van der Waals surface area contributed by atoms with Crippen molar-refractivity contribution in [1.82, 2.24) is 0 Å². The molecule has 0 radical (unpaired) electrons. The van der Waals surface area contributed by atoms with Crippen LogP contribution in [0.3, 0.4) is 0 Å². The zero-order chi connectivity index (χ0) is 7.80. The Balaban J connectivity index is 2.03. The highest BCUT2D eigenvalue weighted by atomic mass is 14.7. The lowest BCUT2D eigenvalue weighted by molar-refractivity contribution is 0.0357. The summed E-state index contributed by atoms with van der Waals surface area (Å²) in [6.07, 6.45) is 2.97. The van der Waals surface area contributed by atoms with Gasteiger partial charge in [0.05, 0.1) is 0 Å². The summed E-state index contributed by atoms with van der Waals surface area (Å²) >= 11 is 0. The Bertz CT molecular complexity index is 240. The van der Waals surface area contributed by atoms with Crippen LogP contribution in [0.2, 0.25) is 0 Å². The number of allylic oxidation sites excluding steroid dienone is 1. The van der Waals surface area contributed by atoms with Crippen LogP contribution in [-0.2, 0) is 0 Å². The van der Waals surface area contributed by atoms with Crippen molar-refractivity contribution in [1.29, 1.82) is 0 Å². The SMILES string of the molecule is C=C1C2CC1(C)C(C)C1CC21. The van der Waals surface area contributed by atoms with Crippen molar-refractivity contribution in [3.8, 4) is 0 Å². The lowest BCUT2D eigenvalue weighted by Gasteiger charge is -2.56. The van der Waals surface area contributed by atoms with Gasteiger partial charge in [0.1, 0.15) is 0 Å². The normalized spacial score (nSPS) is 65.1. The standard InChI is InChI=1S/C11H16/c1-6-8-4-9(8)10-5-11(6,3)7(10)2/h6,8-10H,2,4-5H2,1,3H3. The maximum atomic E-state index is 4.24. The highest BCUT2D eigenvalue weighted by Gasteiger charge is 2.65. The summed E-state index contributed by atoms with van der Waals surface area (Å²) in [5.74, 6) is 4.04. The van der Waals surface area contributed by atoms with Gasteiger partial charge < -0.3 is 0 Å². The maximum absolute atomic E-state index is 4.24. The topological polar surface area (TPSA) is 0 Å². The minimum Gasteiger partial charge on any atom is -0.0990 e. The van der Waals surface area contributed by atoms with Crippen molar-refractivity contribution >= 4 is 0 Å². The van der Waals surface area contributed by atoms with Gasteiger partial charge in [0.15, 0.2) is 0 Å². The number of rotatable bonds is 0. The van der Waals surface area contributed by atoms with Crippen LogP contribution in [0.5, 0.6) is 0 Å². The Labute approximate surface area is 68.7 Å². The first kappa shape index (κ1) is 6.28. The zero-order valence-electron chi connectivity index (χ0n) is 7.43. The van der Waals surface area contributed by atoms with Crippen LogP contribution in [-0.4, -0.2) is 0 Å². The van der Waals surface area contributed by atoms with Crippen molar-refractivity contribution < 1.29 is 0 Å². The van der Waals surface area contributed by atoms with Crippen molar-refractivity contribution in [2.45, 2.75) is 26.7 Å². The molecular formula is C11H16. The molecule has 4 rings (SSSR count). The van der Waals surface area contributed by atoms with Gasteiger partial charge in [-0.25, -0.2) is 0 Å². The summed E-state index contributed by atoms with van der Waals surface area (Å²) in [7, 11) is 0. The molecule has 0 N–H and O–H groups in total. The van der Waals surface area contributed by atoms with Gasteiger partial charge in [-0.2, -0.15) is 0 Å². The van der Waals surface area contributed by atoms with Crippen LogP contribution in [0.4, 0.5) is 0 Å². The van der Waals surface area contributed by atoms with E-state index in [1.165, 1.54) is 12.8 Å². The summed E-state index contributed by atoms with van der Waals surface area (Å²) in [4.78, 5) is 0. The molecule has 4 fully saturated rings. The summed E-state index contributed by atoms with van der Waals surface area (Å²) in [6, 6.07) is 0. The molecule has 0 amide bonds. The van der Waals surface area contributed by atoms with Gasteiger partial charge in [-0.3, -0.25) is 0 Å². The fraction of sp³-hybridized carbons (Fsp3) is 0.818. The van der Waals surface area contributed by atoms with Gasteiger partial charge in [0.2, 0.25) is 0 Å². The summed E-state index contributed by atoms with van der Waals surface area (Å²) in [5, 5.41) is 0. The molecule has 4 saturated carbocycles. The average Bonchev–Trinajstić information content (AvgIpc) is 2.74. The smallest absolute Gasteiger partial charge is 0.00820 e. The molecule has 4 aliphatic rings. The minimum atomic E-state index is 0.558. The highest BCUT2D eigenvalue weighted by molar-refractivity contribution is 5.33. The Morgan fingerprint density at radius 2 is 2.18 bits per heavy atom. The fourth-order valence-electron chi connectivity index (χ4n) is 3.64. The molecule has 5 unspecified atom stereocenters. The van der Waals surface area contributed by atoms with Crippen LogP contribution >= 0.6 is 0 Å². The average molecular weight is 148 g/mol. The molecule has 0 aromatic heterocycles. The highest BCUT2D eigenvalue weighted by Crippen LogP contribution is 2.73. The van der Waals surface area contributed by atoms with E-state index in [0.717, 1.165) is 23.7 Å². The third-order valence-electron chi connectivity index (χ3n) is 4.88. The summed E-state index contributed by atoms with van der Waals surface area (Å²) in [5.41, 5.74) is 2.14. The van der Waals surface area contributed by atoms with Crippen molar-refractivity contribution in [2.24, 2.45) is 29.1 Å². The quantitative estimate of drug-likeness (QED) is 0.463. The molecule has 60 valence electrons. The van der Waals surface area contributed by atoms with E-state index in [1.54, 1.807) is 5.57 Å². The molecule has 0 aromatic rings. The second-order valence-electron chi connectivity index (χ2n) is 5.11. The van der Waals surface area contributed by atoms with E-state index in [4.69, 9.17) is 0 Å². The molecule has 0 nitrogen and oxygen atoms in total. The van der Waals surface area contributed by atoms with Gasteiger partial charge in [0.25, 0.3) is 0 Å². The van der Waals surface area contributed by atoms with Crippen molar-refractivity contribution in [3.05, 3.63) is 12.2 Å². The summed E-state index contributed by atoms with van der Waals surface area (Å²) in [6.45, 7) is 9.10. The van der Waals surface area contributed by atoms with Gasteiger partial charge in [0, 0.05) is 0 Å². The lowest BCUT2D eigenvalue weighted by Crippen LogP contribution is -2.48. The van der Waals surface area contributed by atoms with E-state index in [-0.39, 0.29) is 0 Å². The Kier molecular flexibility index (Phi) is 0.821. The van der Waals surface area contributed by atoms with Crippen LogP contribution in [0.15, 0.2) is 12.2 Å². The molecule has 4 aliphatic carbocycles. The molecule has 0 heteroatoms. The van der Waals surface area contributed by atoms with Gasteiger partial charge >= 0.3 is 0 Å². The minimum absolute atomic E-state index is 0.558. The summed E-state index contributed by atoms with van der Waals surface area (Å²) < 4.78 is 0. The fourth-order valence-corrected chi connectivity index (χ4v) is 3.64. The van der Waals surface area contributed by atoms with Gasteiger partial charge in [-0.05, 0) is 41.9 Å². The van der Waals surface area contributed by atoms with E-state index in [0.29, 0.717) is 5.41 Å². The van der Waals surface area contributed by atoms with Crippen LogP contribution in [0.25, 0.3) is 0 Å². The van der Waals surface area contributed by atoms with Crippen molar-refractivity contribution in [3.63, 3.8) is 0 Å². The second-order valence-corrected chi connectivity index (χ2v) is 5.11. The second kappa shape index (κ2) is 1.44. The molecule has 11 heavy (non-hydrogen) atoms. The molecule has 0 spiro atoms. The monoisotopic (exact) mass is 148 g/mol. The molecule has 2 bridgehead atoms. The zero-order valence-corrected chi connectivity index (χ0v) is 7.43. The maximum Gasteiger partial charge on any atom is -0.00820 e. The van der Waals surface area contributed by atoms with Crippen LogP contribution in [0, 0.1) is 29.1 Å². The van der Waals surface area contributed by atoms with E-state index < -0.39 is 0 Å². The van der Waals surface area contributed by atoms with Crippen LogP contribution < -0.4 is 0 Å². The molecule has 0 aromatic carbocycles. The molecule has 0 aliphatic heterocycles. The first-order chi connectivity index (χ1) is 5.14. The van der Waals surface area contributed by atoms with Gasteiger partial charge in [-0.15, -0.1) is 0 Å². The molecule has 0 heterocycles. The van der Waals surface area contributed by atoms with Gasteiger partial charge in [-0.1, -0.05) is 26.0 Å². The molecule has 0 saturated heterocycles.